The lowest BCUT2D eigenvalue weighted by molar-refractivity contribution is 0.600. The van der Waals surface area contributed by atoms with E-state index in [1.54, 1.807) is 18.2 Å². The number of aromatic nitrogens is 2. The Hall–Kier alpha value is -1.18. The molecule has 1 aromatic carbocycles. The van der Waals surface area contributed by atoms with Crippen LogP contribution in [0.3, 0.4) is 0 Å². The minimum absolute atomic E-state index is 0.0711. The van der Waals surface area contributed by atoms with Crippen LogP contribution >= 0.6 is 27.5 Å². The maximum atomic E-state index is 12.1. The standard InChI is InChI=1S/C10H7BrClN3O2S/c11-7-3-1-2-4-8(7)18(16,17)15-10-13-6-5-9(12)14-10/h1-6H,(H,13,14,15). The smallest absolute Gasteiger partial charge is 0.247 e. The summed E-state index contributed by atoms with van der Waals surface area (Å²) in [6.45, 7) is 0. The molecule has 2 rings (SSSR count). The zero-order valence-corrected chi connectivity index (χ0v) is 12.0. The molecule has 0 saturated heterocycles. The van der Waals surface area contributed by atoms with Gasteiger partial charge in [0.1, 0.15) is 10.0 Å². The molecule has 1 N–H and O–H groups in total. The van der Waals surface area contributed by atoms with Crippen molar-refractivity contribution in [2.75, 3.05) is 4.72 Å². The number of nitrogens with zero attached hydrogens (tertiary/aromatic N) is 2. The Balaban J connectivity index is 2.37. The molecule has 0 aliphatic rings. The predicted molar refractivity (Wildman–Crippen MR) is 72.0 cm³/mol. The largest absolute Gasteiger partial charge is 0.265 e. The first kappa shape index (κ1) is 13.3. The van der Waals surface area contributed by atoms with Crippen LogP contribution in [0, 0.1) is 0 Å². The Bertz CT molecular complexity index is 678. The summed E-state index contributed by atoms with van der Waals surface area (Å²) < 4.78 is 26.8. The molecular weight excluding hydrogens is 342 g/mol. The van der Waals surface area contributed by atoms with Crippen LogP contribution in [0.5, 0.6) is 0 Å². The highest BCUT2D eigenvalue weighted by Gasteiger charge is 2.18. The number of hydrogen-bond acceptors (Lipinski definition) is 4. The molecular formula is C10H7BrClN3O2S. The van der Waals surface area contributed by atoms with Gasteiger partial charge in [-0.1, -0.05) is 23.7 Å². The van der Waals surface area contributed by atoms with Gasteiger partial charge in [-0.2, -0.15) is 0 Å². The van der Waals surface area contributed by atoms with Crippen molar-refractivity contribution in [2.24, 2.45) is 0 Å². The fourth-order valence-electron chi connectivity index (χ4n) is 1.22. The fraction of sp³-hybridized carbons (Fsp3) is 0. The van der Waals surface area contributed by atoms with Crippen LogP contribution in [-0.2, 0) is 10.0 Å². The van der Waals surface area contributed by atoms with Gasteiger partial charge < -0.3 is 0 Å². The molecule has 2 aromatic rings. The number of halogens is 2. The van der Waals surface area contributed by atoms with E-state index in [4.69, 9.17) is 11.6 Å². The van der Waals surface area contributed by atoms with Crippen LogP contribution in [0.25, 0.3) is 0 Å². The van der Waals surface area contributed by atoms with Crippen molar-refractivity contribution in [3.05, 3.63) is 46.2 Å². The number of rotatable bonds is 3. The molecule has 5 nitrogen and oxygen atoms in total. The Morgan fingerprint density at radius 1 is 1.22 bits per heavy atom. The summed E-state index contributed by atoms with van der Waals surface area (Å²) in [7, 11) is -3.74. The average Bonchev–Trinajstić information content (AvgIpc) is 2.28. The van der Waals surface area contributed by atoms with Crippen LogP contribution in [0.4, 0.5) is 5.95 Å². The second-order valence-electron chi connectivity index (χ2n) is 3.24. The number of benzene rings is 1. The van der Waals surface area contributed by atoms with E-state index in [2.05, 4.69) is 30.6 Å². The summed E-state index contributed by atoms with van der Waals surface area (Å²) in [5.74, 6) is -0.0711. The Morgan fingerprint density at radius 3 is 2.61 bits per heavy atom. The van der Waals surface area contributed by atoms with Crippen molar-refractivity contribution in [3.8, 4) is 0 Å². The molecule has 0 fully saturated rings. The van der Waals surface area contributed by atoms with Crippen molar-refractivity contribution < 1.29 is 8.42 Å². The van der Waals surface area contributed by atoms with Crippen molar-refractivity contribution >= 4 is 43.5 Å². The van der Waals surface area contributed by atoms with Gasteiger partial charge in [0.25, 0.3) is 10.0 Å². The van der Waals surface area contributed by atoms with Gasteiger partial charge in [0.05, 0.1) is 0 Å². The average molecular weight is 349 g/mol. The third kappa shape index (κ3) is 2.98. The minimum atomic E-state index is -3.74. The van der Waals surface area contributed by atoms with Crippen LogP contribution in [0.1, 0.15) is 0 Å². The molecule has 0 spiro atoms. The lowest BCUT2D eigenvalue weighted by atomic mass is 10.4. The zero-order valence-electron chi connectivity index (χ0n) is 8.84. The van der Waals surface area contributed by atoms with E-state index in [9.17, 15) is 8.42 Å². The second kappa shape index (κ2) is 5.21. The summed E-state index contributed by atoms with van der Waals surface area (Å²) in [5.41, 5.74) is 0. The quantitative estimate of drug-likeness (QED) is 0.866. The van der Waals surface area contributed by atoms with E-state index in [0.717, 1.165) is 0 Å². The lowest BCUT2D eigenvalue weighted by Gasteiger charge is -2.07. The SMILES string of the molecule is O=S(=O)(Nc1nccc(Cl)n1)c1ccccc1Br. The van der Waals surface area contributed by atoms with Crippen LogP contribution in [0.2, 0.25) is 5.15 Å². The Morgan fingerprint density at radius 2 is 1.94 bits per heavy atom. The van der Waals surface area contributed by atoms with E-state index in [-0.39, 0.29) is 16.0 Å². The first-order valence-corrected chi connectivity index (χ1v) is 7.40. The third-order valence-electron chi connectivity index (χ3n) is 1.97. The highest BCUT2D eigenvalue weighted by molar-refractivity contribution is 9.10. The summed E-state index contributed by atoms with van der Waals surface area (Å²) >= 11 is 8.83. The van der Waals surface area contributed by atoms with Crippen LogP contribution in [-0.4, -0.2) is 18.4 Å². The first-order valence-electron chi connectivity index (χ1n) is 4.75. The molecule has 18 heavy (non-hydrogen) atoms. The van der Waals surface area contributed by atoms with Crippen molar-refractivity contribution in [2.45, 2.75) is 4.90 Å². The van der Waals surface area contributed by atoms with Gasteiger partial charge in [-0.3, -0.25) is 0 Å². The number of nitrogens with one attached hydrogen (secondary N) is 1. The van der Waals surface area contributed by atoms with E-state index in [1.807, 2.05) is 0 Å². The number of anilines is 1. The van der Waals surface area contributed by atoms with Gasteiger partial charge in [0.2, 0.25) is 5.95 Å². The monoisotopic (exact) mass is 347 g/mol. The molecule has 8 heteroatoms. The molecule has 0 aliphatic carbocycles. The Kier molecular flexibility index (Phi) is 3.84. The normalized spacial score (nSPS) is 11.2. The van der Waals surface area contributed by atoms with Crippen molar-refractivity contribution in [1.29, 1.82) is 0 Å². The van der Waals surface area contributed by atoms with Crippen molar-refractivity contribution in [3.63, 3.8) is 0 Å². The topological polar surface area (TPSA) is 72.0 Å². The van der Waals surface area contributed by atoms with Gasteiger partial charge >= 0.3 is 0 Å². The summed E-state index contributed by atoms with van der Waals surface area (Å²) in [4.78, 5) is 7.65. The Labute approximate surface area is 117 Å². The van der Waals surface area contributed by atoms with Gasteiger partial charge in [-0.05, 0) is 34.1 Å². The van der Waals surface area contributed by atoms with Crippen LogP contribution < -0.4 is 4.72 Å². The molecule has 1 aromatic heterocycles. The maximum Gasteiger partial charge on any atom is 0.265 e. The van der Waals surface area contributed by atoms with E-state index >= 15 is 0 Å². The molecule has 1 heterocycles. The highest BCUT2D eigenvalue weighted by atomic mass is 79.9. The molecule has 0 aliphatic heterocycles. The molecule has 0 radical (unpaired) electrons. The molecule has 0 unspecified atom stereocenters. The summed E-state index contributed by atoms with van der Waals surface area (Å²) in [6, 6.07) is 7.90. The second-order valence-corrected chi connectivity index (χ2v) is 6.13. The first-order chi connectivity index (χ1) is 8.49. The van der Waals surface area contributed by atoms with Crippen LogP contribution in [0.15, 0.2) is 45.9 Å². The predicted octanol–water partition coefficient (Wildman–Crippen LogP) is 2.69. The number of hydrogen-bond donors (Lipinski definition) is 1. The molecule has 94 valence electrons. The third-order valence-corrected chi connectivity index (χ3v) is 4.52. The number of sulfonamides is 1. The molecule has 0 amide bonds. The molecule has 0 atom stereocenters. The van der Waals surface area contributed by atoms with Gasteiger partial charge in [-0.15, -0.1) is 0 Å². The van der Waals surface area contributed by atoms with Gasteiger partial charge in [0, 0.05) is 10.7 Å². The lowest BCUT2D eigenvalue weighted by Crippen LogP contribution is -2.15. The highest BCUT2D eigenvalue weighted by Crippen LogP contribution is 2.22. The molecule has 0 saturated carbocycles. The maximum absolute atomic E-state index is 12.1. The summed E-state index contributed by atoms with van der Waals surface area (Å²) in [6.07, 6.45) is 1.37. The van der Waals surface area contributed by atoms with Gasteiger partial charge in [-0.25, -0.2) is 23.1 Å². The minimum Gasteiger partial charge on any atom is -0.247 e. The summed E-state index contributed by atoms with van der Waals surface area (Å²) in [5, 5.41) is 0.162. The van der Waals surface area contributed by atoms with Crippen molar-refractivity contribution in [1.82, 2.24) is 9.97 Å². The fourth-order valence-corrected chi connectivity index (χ4v) is 3.32. The van der Waals surface area contributed by atoms with E-state index in [1.165, 1.54) is 18.3 Å². The van der Waals surface area contributed by atoms with E-state index < -0.39 is 10.0 Å². The van der Waals surface area contributed by atoms with Gasteiger partial charge in [0.15, 0.2) is 0 Å². The van der Waals surface area contributed by atoms with E-state index in [0.29, 0.717) is 4.47 Å². The molecule has 0 bridgehead atoms. The zero-order chi connectivity index (χ0) is 13.2.